The standard InChI is InChI=1S/C31H30BN5O2/c32-27-19-34-37-30(17-28(35-31(27)37)26-10-4-5-11-29(26)38)33-18-23-7-6-16-36(21-23)20-22-12-14-25(15-13-22)39-24-8-2-1-3-9-24/h1-5,8-15,17,19,23,33,38H,6-7,16,18,20-21H2. The van der Waals surface area contributed by atoms with E-state index in [2.05, 4.69) is 32.4 Å². The minimum absolute atomic E-state index is 0.181. The number of piperidine rings is 1. The third-order valence-electron chi connectivity index (χ3n) is 7.16. The van der Waals surface area contributed by atoms with E-state index in [1.54, 1.807) is 22.8 Å². The Hall–Kier alpha value is -4.30. The molecule has 1 aliphatic rings. The lowest BCUT2D eigenvalue weighted by molar-refractivity contribution is 0.173. The predicted octanol–water partition coefficient (Wildman–Crippen LogP) is 5.01. The highest BCUT2D eigenvalue weighted by atomic mass is 16.5. The first kappa shape index (κ1) is 25.0. The van der Waals surface area contributed by atoms with E-state index in [4.69, 9.17) is 12.6 Å². The summed E-state index contributed by atoms with van der Waals surface area (Å²) >= 11 is 0. The number of anilines is 1. The molecule has 3 aromatic carbocycles. The molecule has 7 nitrogen and oxygen atoms in total. The Morgan fingerprint density at radius 2 is 1.74 bits per heavy atom. The van der Waals surface area contributed by atoms with Crippen LogP contribution >= 0.6 is 0 Å². The Morgan fingerprint density at radius 3 is 2.56 bits per heavy atom. The zero-order valence-corrected chi connectivity index (χ0v) is 21.7. The SMILES string of the molecule is [B]c1cnn2c(NCC3CCCN(Cc4ccc(Oc5ccccc5)cc4)C3)cc(-c3ccccc3O)nc12. The molecule has 1 atom stereocenters. The zero-order chi connectivity index (χ0) is 26.6. The minimum Gasteiger partial charge on any atom is -0.507 e. The molecule has 1 unspecified atom stereocenters. The van der Waals surface area contributed by atoms with Crippen LogP contribution in [0.25, 0.3) is 16.9 Å². The lowest BCUT2D eigenvalue weighted by atomic mass is 9.97. The highest BCUT2D eigenvalue weighted by molar-refractivity contribution is 6.36. The Balaban J connectivity index is 1.11. The number of aromatic nitrogens is 3. The summed E-state index contributed by atoms with van der Waals surface area (Å²) in [6, 6.07) is 27.3. The second-order valence-electron chi connectivity index (χ2n) is 10.1. The average Bonchev–Trinajstić information content (AvgIpc) is 3.34. The number of nitrogens with one attached hydrogen (secondary N) is 1. The van der Waals surface area contributed by atoms with Gasteiger partial charge in [0.25, 0.3) is 0 Å². The van der Waals surface area contributed by atoms with Crippen LogP contribution in [0, 0.1) is 5.92 Å². The second kappa shape index (κ2) is 11.2. The van der Waals surface area contributed by atoms with Crippen LogP contribution in [0.1, 0.15) is 18.4 Å². The van der Waals surface area contributed by atoms with Crippen LogP contribution in [-0.2, 0) is 6.54 Å². The molecule has 39 heavy (non-hydrogen) atoms. The van der Waals surface area contributed by atoms with Crippen molar-refractivity contribution in [1.82, 2.24) is 19.5 Å². The van der Waals surface area contributed by atoms with Gasteiger partial charge >= 0.3 is 0 Å². The van der Waals surface area contributed by atoms with E-state index in [9.17, 15) is 5.11 Å². The van der Waals surface area contributed by atoms with Crippen LogP contribution in [0.3, 0.4) is 0 Å². The van der Waals surface area contributed by atoms with Gasteiger partial charge in [0.05, 0.1) is 5.69 Å². The number of aromatic hydroxyl groups is 1. The first-order chi connectivity index (χ1) is 19.1. The van der Waals surface area contributed by atoms with E-state index in [1.807, 2.05) is 60.7 Å². The molecule has 194 valence electrons. The van der Waals surface area contributed by atoms with Crippen LogP contribution < -0.4 is 15.5 Å². The van der Waals surface area contributed by atoms with E-state index in [1.165, 1.54) is 5.56 Å². The van der Waals surface area contributed by atoms with Gasteiger partial charge in [0.1, 0.15) is 30.9 Å². The number of phenols is 1. The maximum atomic E-state index is 10.4. The van der Waals surface area contributed by atoms with Gasteiger partial charge in [-0.1, -0.05) is 42.5 Å². The molecule has 1 aliphatic heterocycles. The molecular formula is C31H30BN5O2. The zero-order valence-electron chi connectivity index (χ0n) is 21.7. The Bertz CT molecular complexity index is 1560. The molecule has 5 aromatic rings. The molecule has 6 rings (SSSR count). The van der Waals surface area contributed by atoms with E-state index < -0.39 is 0 Å². The summed E-state index contributed by atoms with van der Waals surface area (Å²) in [5.74, 6) is 3.16. The number of benzene rings is 3. The summed E-state index contributed by atoms with van der Waals surface area (Å²) in [6.45, 7) is 3.82. The highest BCUT2D eigenvalue weighted by Gasteiger charge is 2.21. The van der Waals surface area contributed by atoms with Crippen molar-refractivity contribution in [1.29, 1.82) is 0 Å². The number of hydrogen-bond acceptors (Lipinski definition) is 6. The van der Waals surface area contributed by atoms with Gasteiger partial charge in [0, 0.05) is 37.5 Å². The molecule has 0 saturated carbocycles. The number of hydrogen-bond donors (Lipinski definition) is 2. The number of ether oxygens (including phenoxy) is 1. The smallest absolute Gasteiger partial charge is 0.150 e. The first-order valence-electron chi connectivity index (χ1n) is 13.3. The quantitative estimate of drug-likeness (QED) is 0.283. The topological polar surface area (TPSA) is 74.9 Å². The molecule has 1 fully saturated rings. The molecule has 2 N–H and O–H groups in total. The van der Waals surface area contributed by atoms with E-state index in [-0.39, 0.29) is 5.75 Å². The molecule has 0 aliphatic carbocycles. The molecule has 3 heterocycles. The number of para-hydroxylation sites is 2. The number of fused-ring (bicyclic) bond motifs is 1. The number of likely N-dealkylation sites (tertiary alicyclic amines) is 1. The number of rotatable bonds is 8. The van der Waals surface area contributed by atoms with Gasteiger partial charge < -0.3 is 15.2 Å². The highest BCUT2D eigenvalue weighted by Crippen LogP contribution is 2.30. The van der Waals surface area contributed by atoms with Gasteiger partial charge in [-0.2, -0.15) is 9.61 Å². The average molecular weight is 515 g/mol. The van der Waals surface area contributed by atoms with Crippen LogP contribution in [0.2, 0.25) is 0 Å². The van der Waals surface area contributed by atoms with Crippen molar-refractivity contribution < 1.29 is 9.84 Å². The van der Waals surface area contributed by atoms with Gasteiger partial charge in [-0.15, -0.1) is 0 Å². The summed E-state index contributed by atoms with van der Waals surface area (Å²) in [4.78, 5) is 7.19. The van der Waals surface area contributed by atoms with Crippen LogP contribution in [0.15, 0.2) is 91.1 Å². The van der Waals surface area contributed by atoms with E-state index >= 15 is 0 Å². The molecule has 2 aromatic heterocycles. The van der Waals surface area contributed by atoms with Crippen LogP contribution in [0.4, 0.5) is 5.82 Å². The van der Waals surface area contributed by atoms with Gasteiger partial charge in [-0.25, -0.2) is 4.98 Å². The molecular weight excluding hydrogens is 485 g/mol. The third kappa shape index (κ3) is 5.76. The Morgan fingerprint density at radius 1 is 0.974 bits per heavy atom. The van der Waals surface area contributed by atoms with Crippen molar-refractivity contribution in [2.75, 3.05) is 25.0 Å². The summed E-state index contributed by atoms with van der Waals surface area (Å²) in [5, 5.41) is 18.4. The molecule has 8 heteroatoms. The van der Waals surface area contributed by atoms with Crippen LogP contribution in [0.5, 0.6) is 17.2 Å². The van der Waals surface area contributed by atoms with Crippen molar-refractivity contribution in [3.63, 3.8) is 0 Å². The molecule has 2 radical (unpaired) electrons. The lowest BCUT2D eigenvalue weighted by Gasteiger charge is -2.33. The van der Waals surface area contributed by atoms with Gasteiger partial charge in [0.2, 0.25) is 0 Å². The fourth-order valence-electron chi connectivity index (χ4n) is 5.19. The molecule has 1 saturated heterocycles. The van der Waals surface area contributed by atoms with Gasteiger partial charge in [-0.3, -0.25) is 4.90 Å². The summed E-state index contributed by atoms with van der Waals surface area (Å²) in [7, 11) is 6.16. The second-order valence-corrected chi connectivity index (χ2v) is 10.1. The van der Waals surface area contributed by atoms with Crippen molar-refractivity contribution in [2.45, 2.75) is 19.4 Å². The number of phenolic OH excluding ortho intramolecular Hbond substituents is 1. The lowest BCUT2D eigenvalue weighted by Crippen LogP contribution is -2.37. The van der Waals surface area contributed by atoms with Crippen molar-refractivity contribution in [3.8, 4) is 28.5 Å². The Kier molecular flexibility index (Phi) is 7.19. The molecule has 0 amide bonds. The predicted molar refractivity (Wildman–Crippen MR) is 155 cm³/mol. The molecule has 0 bridgehead atoms. The summed E-state index contributed by atoms with van der Waals surface area (Å²) in [5.41, 5.74) is 3.66. The summed E-state index contributed by atoms with van der Waals surface area (Å²) < 4.78 is 7.67. The van der Waals surface area contributed by atoms with Crippen LogP contribution in [-0.4, -0.2) is 52.1 Å². The van der Waals surface area contributed by atoms with Crippen molar-refractivity contribution in [3.05, 3.63) is 96.7 Å². The van der Waals surface area contributed by atoms with Crippen molar-refractivity contribution in [2.24, 2.45) is 5.92 Å². The molecule has 0 spiro atoms. The minimum atomic E-state index is 0.181. The Labute approximate surface area is 229 Å². The maximum absolute atomic E-state index is 10.4. The summed E-state index contributed by atoms with van der Waals surface area (Å²) in [6.07, 6.45) is 3.93. The van der Waals surface area contributed by atoms with Gasteiger partial charge in [-0.05, 0) is 72.7 Å². The third-order valence-corrected chi connectivity index (χ3v) is 7.16. The first-order valence-corrected chi connectivity index (χ1v) is 13.3. The fourth-order valence-corrected chi connectivity index (χ4v) is 5.19. The largest absolute Gasteiger partial charge is 0.507 e. The normalized spacial score (nSPS) is 15.8. The van der Waals surface area contributed by atoms with E-state index in [0.717, 1.165) is 56.3 Å². The maximum Gasteiger partial charge on any atom is 0.150 e. The monoisotopic (exact) mass is 515 g/mol. The van der Waals surface area contributed by atoms with Crippen molar-refractivity contribution >= 4 is 24.8 Å². The van der Waals surface area contributed by atoms with Gasteiger partial charge in [0.15, 0.2) is 5.65 Å². The number of nitrogens with zero attached hydrogens (tertiary/aromatic N) is 4. The fraction of sp³-hybridized carbons (Fsp3) is 0.226. The van der Waals surface area contributed by atoms with E-state index in [0.29, 0.717) is 28.3 Å².